The Morgan fingerprint density at radius 2 is 2.12 bits per heavy atom. The third kappa shape index (κ3) is 3.13. The van der Waals surface area contributed by atoms with Gasteiger partial charge in [0.05, 0.1) is 16.2 Å². The monoisotopic (exact) mass is 258 g/mol. The number of hydrogen-bond donors (Lipinski definition) is 1. The first-order valence-electron chi connectivity index (χ1n) is 4.75. The second-order valence-corrected chi connectivity index (χ2v) is 5.45. The Labute approximate surface area is 98.3 Å². The van der Waals surface area contributed by atoms with Crippen LogP contribution in [0.15, 0.2) is 35.7 Å². The zero-order chi connectivity index (χ0) is 13.1. The Kier molecular flexibility index (Phi) is 4.01. The van der Waals surface area contributed by atoms with E-state index in [0.29, 0.717) is 0 Å². The number of allylic oxidation sites excluding steroid dienone is 1. The van der Waals surface area contributed by atoms with Gasteiger partial charge in [-0.05, 0) is 24.6 Å². The highest BCUT2D eigenvalue weighted by atomic mass is 32.2. The summed E-state index contributed by atoms with van der Waals surface area (Å²) in [6.45, 7) is 3.40. The molecule has 1 aromatic carbocycles. The van der Waals surface area contributed by atoms with Crippen molar-refractivity contribution in [3.8, 4) is 0 Å². The Balaban J connectivity index is 3.20. The topological polar surface area (TPSA) is 71.4 Å². The second-order valence-electron chi connectivity index (χ2n) is 3.34. The van der Waals surface area contributed by atoms with Crippen molar-refractivity contribution in [3.63, 3.8) is 0 Å². The molecule has 0 amide bonds. The van der Waals surface area contributed by atoms with Gasteiger partial charge in [-0.25, -0.2) is 17.6 Å². The molecule has 0 bridgehead atoms. The van der Waals surface area contributed by atoms with E-state index < -0.39 is 27.2 Å². The zero-order valence-corrected chi connectivity index (χ0v) is 9.71. The molecule has 0 fully saturated rings. The maximum atomic E-state index is 13.1. The molecule has 4 nitrogen and oxygen atoms in total. The summed E-state index contributed by atoms with van der Waals surface area (Å²) in [5, 5.41) is 8.68. The summed E-state index contributed by atoms with van der Waals surface area (Å²) >= 11 is 0. The molecule has 0 radical (unpaired) electrons. The van der Waals surface area contributed by atoms with Gasteiger partial charge in [0.2, 0.25) is 0 Å². The van der Waals surface area contributed by atoms with Crippen LogP contribution in [0, 0.1) is 5.82 Å². The van der Waals surface area contributed by atoms with Gasteiger partial charge in [-0.3, -0.25) is 0 Å². The number of carboxylic acids is 1. The first-order valence-corrected chi connectivity index (χ1v) is 6.40. The molecule has 0 saturated carbocycles. The summed E-state index contributed by atoms with van der Waals surface area (Å²) in [6.07, 6.45) is 1.70. The molecule has 0 spiro atoms. The fourth-order valence-electron chi connectivity index (χ4n) is 1.22. The average Bonchev–Trinajstić information content (AvgIpc) is 2.26. The minimum Gasteiger partial charge on any atom is -0.478 e. The molecular weight excluding hydrogens is 247 g/mol. The Morgan fingerprint density at radius 3 is 2.65 bits per heavy atom. The van der Waals surface area contributed by atoms with Gasteiger partial charge in [-0.15, -0.1) is 6.58 Å². The van der Waals surface area contributed by atoms with Crippen LogP contribution in [0.4, 0.5) is 4.39 Å². The second kappa shape index (κ2) is 5.09. The van der Waals surface area contributed by atoms with Crippen molar-refractivity contribution in [3.05, 3.63) is 42.2 Å². The zero-order valence-electron chi connectivity index (χ0n) is 8.89. The largest absolute Gasteiger partial charge is 0.478 e. The van der Waals surface area contributed by atoms with Crippen LogP contribution in [-0.4, -0.2) is 25.2 Å². The van der Waals surface area contributed by atoms with Crippen molar-refractivity contribution in [2.75, 3.05) is 5.75 Å². The van der Waals surface area contributed by atoms with Crippen molar-refractivity contribution in [1.82, 2.24) is 0 Å². The number of benzene rings is 1. The molecule has 0 unspecified atom stereocenters. The third-order valence-corrected chi connectivity index (χ3v) is 3.86. The van der Waals surface area contributed by atoms with E-state index in [4.69, 9.17) is 5.11 Å². The van der Waals surface area contributed by atoms with Crippen molar-refractivity contribution in [2.24, 2.45) is 0 Å². The number of carboxylic acid groups (broad SMARTS) is 1. The van der Waals surface area contributed by atoms with E-state index in [-0.39, 0.29) is 17.1 Å². The lowest BCUT2D eigenvalue weighted by atomic mass is 10.2. The highest BCUT2D eigenvalue weighted by Gasteiger charge is 2.18. The van der Waals surface area contributed by atoms with Crippen LogP contribution in [0.5, 0.6) is 0 Å². The molecule has 1 aromatic rings. The van der Waals surface area contributed by atoms with E-state index in [1.807, 2.05) is 0 Å². The molecule has 0 saturated heterocycles. The number of hydrogen-bond acceptors (Lipinski definition) is 3. The number of rotatable bonds is 5. The fourth-order valence-corrected chi connectivity index (χ4v) is 2.50. The predicted molar refractivity (Wildman–Crippen MR) is 60.2 cm³/mol. The van der Waals surface area contributed by atoms with Gasteiger partial charge in [0.1, 0.15) is 5.82 Å². The smallest absolute Gasteiger partial charge is 0.338 e. The highest BCUT2D eigenvalue weighted by Crippen LogP contribution is 2.17. The predicted octanol–water partition coefficient (Wildman–Crippen LogP) is 1.87. The Morgan fingerprint density at radius 1 is 1.47 bits per heavy atom. The lowest BCUT2D eigenvalue weighted by Gasteiger charge is -2.04. The van der Waals surface area contributed by atoms with Crippen LogP contribution in [0.1, 0.15) is 16.8 Å². The van der Waals surface area contributed by atoms with Crippen LogP contribution >= 0.6 is 0 Å². The lowest BCUT2D eigenvalue weighted by Crippen LogP contribution is -2.09. The van der Waals surface area contributed by atoms with E-state index in [2.05, 4.69) is 6.58 Å². The SMILES string of the molecule is C=CCCS(=O)(=O)c1ccc(F)c(C(=O)O)c1. The molecule has 0 heterocycles. The summed E-state index contributed by atoms with van der Waals surface area (Å²) < 4.78 is 36.5. The molecule has 0 aromatic heterocycles. The van der Waals surface area contributed by atoms with Crippen LogP contribution in [-0.2, 0) is 9.84 Å². The van der Waals surface area contributed by atoms with Crippen molar-refractivity contribution in [1.29, 1.82) is 0 Å². The van der Waals surface area contributed by atoms with Gasteiger partial charge in [0.15, 0.2) is 9.84 Å². The van der Waals surface area contributed by atoms with Gasteiger partial charge in [-0.1, -0.05) is 6.08 Å². The summed E-state index contributed by atoms with van der Waals surface area (Å²) in [6, 6.07) is 2.72. The lowest BCUT2D eigenvalue weighted by molar-refractivity contribution is 0.0691. The maximum Gasteiger partial charge on any atom is 0.338 e. The fraction of sp³-hybridized carbons (Fsp3) is 0.182. The number of aromatic carboxylic acids is 1. The van der Waals surface area contributed by atoms with Crippen molar-refractivity contribution < 1.29 is 22.7 Å². The third-order valence-electron chi connectivity index (χ3n) is 2.12. The first-order chi connectivity index (χ1) is 7.88. The quantitative estimate of drug-likeness (QED) is 0.646. The normalized spacial score (nSPS) is 11.1. The molecule has 92 valence electrons. The van der Waals surface area contributed by atoms with Gasteiger partial charge < -0.3 is 5.11 Å². The van der Waals surface area contributed by atoms with E-state index in [1.165, 1.54) is 6.08 Å². The first kappa shape index (κ1) is 13.4. The molecule has 1 rings (SSSR count). The molecule has 17 heavy (non-hydrogen) atoms. The average molecular weight is 258 g/mol. The van der Waals surface area contributed by atoms with Crippen LogP contribution in [0.2, 0.25) is 0 Å². The van der Waals surface area contributed by atoms with E-state index in [9.17, 15) is 17.6 Å². The standard InChI is InChI=1S/C11H11FO4S/c1-2-3-6-17(15,16)8-4-5-10(12)9(7-8)11(13)14/h2,4-5,7H,1,3,6H2,(H,13,14). The Bertz CT molecular complexity index is 549. The van der Waals surface area contributed by atoms with Gasteiger partial charge in [0.25, 0.3) is 0 Å². The van der Waals surface area contributed by atoms with Gasteiger partial charge in [0, 0.05) is 0 Å². The minimum atomic E-state index is -3.60. The summed E-state index contributed by atoms with van der Waals surface area (Å²) in [5.74, 6) is -2.63. The van der Waals surface area contributed by atoms with Crippen LogP contribution in [0.25, 0.3) is 0 Å². The van der Waals surface area contributed by atoms with Crippen molar-refractivity contribution >= 4 is 15.8 Å². The molecule has 0 aliphatic carbocycles. The molecule has 0 aliphatic heterocycles. The van der Waals surface area contributed by atoms with Crippen LogP contribution < -0.4 is 0 Å². The molecule has 0 aliphatic rings. The highest BCUT2D eigenvalue weighted by molar-refractivity contribution is 7.91. The van der Waals surface area contributed by atoms with Gasteiger partial charge >= 0.3 is 5.97 Å². The maximum absolute atomic E-state index is 13.1. The minimum absolute atomic E-state index is 0.179. The Hall–Kier alpha value is -1.69. The molecule has 6 heteroatoms. The van der Waals surface area contributed by atoms with Crippen LogP contribution in [0.3, 0.4) is 0 Å². The summed E-state index contributed by atoms with van der Waals surface area (Å²) in [7, 11) is -3.60. The van der Waals surface area contributed by atoms with E-state index >= 15 is 0 Å². The molecule has 0 atom stereocenters. The molecular formula is C11H11FO4S. The number of sulfone groups is 1. The van der Waals surface area contributed by atoms with Gasteiger partial charge in [-0.2, -0.15) is 0 Å². The molecule has 1 N–H and O–H groups in total. The van der Waals surface area contributed by atoms with E-state index in [0.717, 1.165) is 18.2 Å². The summed E-state index contributed by atoms with van der Waals surface area (Å²) in [4.78, 5) is 10.5. The van der Waals surface area contributed by atoms with Crippen molar-refractivity contribution in [2.45, 2.75) is 11.3 Å². The number of carbonyl (C=O) groups is 1. The number of halogens is 1. The summed E-state index contributed by atoms with van der Waals surface area (Å²) in [5.41, 5.74) is -0.648. The van der Waals surface area contributed by atoms with E-state index in [1.54, 1.807) is 0 Å².